The molecule has 13 heterocycles. The molecule has 15 aromatic rings. The van der Waals surface area contributed by atoms with Crippen molar-refractivity contribution < 1.29 is 66.0 Å². The normalized spacial score (nSPS) is 14.5. The van der Waals surface area contributed by atoms with Crippen molar-refractivity contribution >= 4 is 145 Å². The van der Waals surface area contributed by atoms with Crippen molar-refractivity contribution in [3.05, 3.63) is 339 Å². The highest BCUT2D eigenvalue weighted by Gasteiger charge is 2.38. The number of furan rings is 4. The van der Waals surface area contributed by atoms with E-state index in [0.717, 1.165) is 73.7 Å². The molecule has 4 unspecified atom stereocenters. The molecular formula is C98H103N25O15S3. The third-order valence-electron chi connectivity index (χ3n) is 21.4. The van der Waals surface area contributed by atoms with E-state index in [1.807, 2.05) is 132 Å². The molecular weight excluding hydrogens is 1860 g/mol. The number of hydrogen-bond donors (Lipinski definition) is 10. The minimum atomic E-state index is -0.522. The largest absolute Gasteiger partial charge is 0.504 e. The Morgan fingerprint density at radius 3 is 2.13 bits per heavy atom. The van der Waals surface area contributed by atoms with Gasteiger partial charge in [-0.2, -0.15) is 25.5 Å². The average Bonchev–Trinajstić information content (AvgIpc) is 1.32. The van der Waals surface area contributed by atoms with Crippen LogP contribution in [0, 0.1) is 17.0 Å². The molecule has 40 nitrogen and oxygen atoms in total. The number of carbonyl (C=O) groups is 7. The van der Waals surface area contributed by atoms with Crippen LogP contribution in [-0.4, -0.2) is 185 Å². The lowest BCUT2D eigenvalue weighted by Crippen LogP contribution is -2.50. The van der Waals surface area contributed by atoms with Crippen molar-refractivity contribution in [2.45, 2.75) is 110 Å². The first-order valence-corrected chi connectivity index (χ1v) is 45.9. The second-order valence-electron chi connectivity index (χ2n) is 31.3. The summed E-state index contributed by atoms with van der Waals surface area (Å²) in [5.41, 5.74) is 24.4. The fourth-order valence-corrected chi connectivity index (χ4v) is 15.4. The lowest BCUT2D eigenvalue weighted by Gasteiger charge is -2.34. The van der Waals surface area contributed by atoms with Crippen LogP contribution >= 0.6 is 35.8 Å². The van der Waals surface area contributed by atoms with Crippen LogP contribution in [0.25, 0.3) is 21.9 Å². The van der Waals surface area contributed by atoms with Gasteiger partial charge in [0.25, 0.3) is 29.3 Å². The second kappa shape index (κ2) is 51.9. The molecule has 18 rings (SSSR count). The van der Waals surface area contributed by atoms with Crippen LogP contribution in [0.1, 0.15) is 129 Å². The number of pyridine rings is 1. The zero-order valence-electron chi connectivity index (χ0n) is 77.7. The van der Waals surface area contributed by atoms with Gasteiger partial charge < -0.3 is 58.7 Å². The molecule has 0 saturated carbocycles. The summed E-state index contributed by atoms with van der Waals surface area (Å²) in [6.07, 6.45) is 19.8. The van der Waals surface area contributed by atoms with Gasteiger partial charge in [-0.15, -0.1) is 16.4 Å². The van der Waals surface area contributed by atoms with E-state index in [0.29, 0.717) is 109 Å². The minimum absolute atomic E-state index is 0.0327. The number of likely N-dealkylation sites (N-methyl/N-ethyl adjacent to an activating group) is 1. The Morgan fingerprint density at radius 1 is 0.738 bits per heavy atom. The number of hydrazone groups is 4. The summed E-state index contributed by atoms with van der Waals surface area (Å²) in [5.74, 6) is 1.91. The Labute approximate surface area is 823 Å². The summed E-state index contributed by atoms with van der Waals surface area (Å²) < 4.78 is 30.4. The molecule has 0 radical (unpaired) electrons. The number of nitrogens with one attached hydrogen (secondary N) is 8. The number of fused-ring (bicyclic) bond motifs is 3. The lowest BCUT2D eigenvalue weighted by molar-refractivity contribution is -0.385. The zero-order valence-corrected chi connectivity index (χ0v) is 80.1. The third kappa shape index (κ3) is 29.3. The first-order valence-electron chi connectivity index (χ1n) is 44.2. The number of ether oxygens (including phenoxy) is 1. The van der Waals surface area contributed by atoms with Crippen LogP contribution in [0.5, 0.6) is 11.5 Å². The molecule has 7 amide bonds. The van der Waals surface area contributed by atoms with E-state index in [2.05, 4.69) is 106 Å². The zero-order chi connectivity index (χ0) is 100. The van der Waals surface area contributed by atoms with Gasteiger partial charge >= 0.3 is 5.91 Å². The number of amides is 7. The number of rotatable bonds is 29. The third-order valence-corrected chi connectivity index (χ3v) is 22.9. The van der Waals surface area contributed by atoms with E-state index in [9.17, 15) is 48.8 Å². The summed E-state index contributed by atoms with van der Waals surface area (Å²) in [5, 5.41) is 61.8. The summed E-state index contributed by atoms with van der Waals surface area (Å²) >= 11 is 11.8. The summed E-state index contributed by atoms with van der Waals surface area (Å²) in [7, 11) is 4.88. The van der Waals surface area contributed by atoms with Crippen molar-refractivity contribution in [3.63, 3.8) is 0 Å². The van der Waals surface area contributed by atoms with Crippen molar-refractivity contribution in [2.24, 2.45) is 33.2 Å². The molecule has 2 fully saturated rings. The SMILES string of the molecule is C/C(=N\NC(=O)c1ccco1)c1ccc(C)o1.CC(C(=O)N/N=C/c1ccco1)n1nnc2ccccc21.CCCC1NC(=S)N(c2ccccc2)C1=O.CN1C(=O)C(Cc2c[nH]c3ccccc23)NC1=S.COc1cccc(/C=N/NC(=O)c2ccn(C)n2)c1O.NCCCNC(=O)C1Cc2ncn(Cc3ccccc3[N+](=O)[O-])c2CN1Cc1ccccn1.O=C(Cc1cccs1)N/N=C\c1ccco1. The first-order chi connectivity index (χ1) is 68.3. The minimum Gasteiger partial charge on any atom is -0.504 e. The lowest BCUT2D eigenvalue weighted by atomic mass is 10.0. The molecule has 0 bridgehead atoms. The summed E-state index contributed by atoms with van der Waals surface area (Å²) in [4.78, 5) is 113. The molecule has 10 aromatic heterocycles. The Morgan fingerprint density at radius 2 is 1.45 bits per heavy atom. The predicted molar refractivity (Wildman–Crippen MR) is 539 cm³/mol. The first kappa shape index (κ1) is 103. The standard InChI is InChI=1S/C23H27N7O3.C14H13N5O2.C13H14N4O3.C13H13N3OS.C12H12N2O3.C12H14N2OS.C11H10N2O2S/c24-9-5-11-26-23(31)21-12-19-22(15-28(21)14-18-7-3-4-10-25-18)29(16-27-19)13-17-6-1-2-8-20(17)30(32)33;1-10(14(20)17-15-9-11-5-4-8-21-11)19-13-7-3-2-6-12(13)16-18-19;1-17-7-6-10(16-17)13(19)15-14-8-9-4-3-5-11(20-2)12(9)18;1-16-12(17)11(15-13(16)18)6-8-7-14-10-5-3-2-4-9(8)10;1-8-5-6-10(17-8)9(2)13-14-12(15)11-4-3-7-16-11;1-2-6-10-11(15)14(12(16)13-10)9-7-4-3-5-8-9;14-11(7-10-4-2-6-16-10)13-12-8-9-3-1-5-15-9/h1-4,6-8,10,16,21H,5,9,11-15,24H2,(H,26,31);2-10H,1H3,(H,17,20);3-8,18H,1-2H3,(H,15,19);2-5,7,11,14H,6H2,1H3,(H,15,18);3-7H,1-2H3,(H,14,15);3-5,7-8,10H,2,6H2,1H3,(H,13,16);1-6,8H,7H2,(H,13,14)/b;15-9+;14-8+;;13-9+;;12-8-. The number of nitro benzene ring substituents is 1. The van der Waals surface area contributed by atoms with E-state index in [4.69, 9.17) is 52.6 Å². The van der Waals surface area contributed by atoms with Gasteiger partial charge in [0.15, 0.2) is 33.2 Å². The molecule has 3 aliphatic heterocycles. The van der Waals surface area contributed by atoms with E-state index in [1.54, 1.807) is 159 Å². The molecule has 11 N–H and O–H groups in total. The van der Waals surface area contributed by atoms with Crippen LogP contribution in [0.3, 0.4) is 0 Å². The number of methoxy groups -OCH3 is 1. The number of thiocarbonyl (C=S) groups is 2. The van der Waals surface area contributed by atoms with Gasteiger partial charge in [0, 0.05) is 98.1 Å². The average molecular weight is 1970 g/mol. The van der Waals surface area contributed by atoms with E-state index >= 15 is 0 Å². The second-order valence-corrected chi connectivity index (χ2v) is 33.1. The number of aromatic hydroxyl groups is 1. The molecule has 2 saturated heterocycles. The highest BCUT2D eigenvalue weighted by molar-refractivity contribution is 7.80. The number of para-hydroxylation sites is 5. The topological polar surface area (TPSA) is 509 Å². The number of benzene rings is 5. The maximum atomic E-state index is 13.0. The number of imidazole rings is 1. The van der Waals surface area contributed by atoms with Gasteiger partial charge in [-0.3, -0.25) is 68.0 Å². The molecule has 43 heteroatoms. The number of nitrogens with zero attached hydrogens (tertiary/aromatic N) is 16. The van der Waals surface area contributed by atoms with Gasteiger partial charge in [0.05, 0.1) is 103 Å². The maximum Gasteiger partial charge on any atom is 0.307 e. The number of phenolic OH excluding ortho intramolecular Hbond substituents is 1. The van der Waals surface area contributed by atoms with Gasteiger partial charge in [0.1, 0.15) is 52.4 Å². The number of aromatic amines is 1. The van der Waals surface area contributed by atoms with Crippen LogP contribution in [-0.2, 0) is 69.9 Å². The van der Waals surface area contributed by atoms with Crippen molar-refractivity contribution in [1.82, 2.24) is 91.7 Å². The Bertz CT molecular complexity index is 6810. The van der Waals surface area contributed by atoms with Gasteiger partial charge in [-0.05, 0) is 191 Å². The fraction of sp³-hybridized carbons (Fsp3) is 0.224. The number of aromatic nitrogens is 9. The number of H-pyrrole nitrogens is 1. The van der Waals surface area contributed by atoms with Crippen LogP contribution in [0.2, 0.25) is 0 Å². The summed E-state index contributed by atoms with van der Waals surface area (Å²) in [6.45, 7) is 9.77. The Balaban J connectivity index is 0.000000149. The van der Waals surface area contributed by atoms with Crippen LogP contribution < -0.4 is 53.0 Å². The number of nitrogens with two attached hydrogens (primary N) is 1. The smallest absolute Gasteiger partial charge is 0.307 e. The Hall–Kier alpha value is -16.9. The van der Waals surface area contributed by atoms with Gasteiger partial charge in [-0.25, -0.2) is 31.4 Å². The van der Waals surface area contributed by atoms with Crippen molar-refractivity contribution in [2.75, 3.05) is 32.1 Å². The van der Waals surface area contributed by atoms with Crippen molar-refractivity contribution in [1.29, 1.82) is 0 Å². The fourth-order valence-electron chi connectivity index (χ4n) is 14.1. The molecule has 5 aromatic carbocycles. The van der Waals surface area contributed by atoms with E-state index in [-0.39, 0.29) is 75.5 Å². The molecule has 728 valence electrons. The number of aryl methyl sites for hydroxylation is 2. The van der Waals surface area contributed by atoms with Crippen molar-refractivity contribution in [3.8, 4) is 11.5 Å². The van der Waals surface area contributed by atoms with Gasteiger partial charge in [0.2, 0.25) is 11.8 Å². The van der Waals surface area contributed by atoms with Crippen LogP contribution in [0.15, 0.2) is 293 Å². The predicted octanol–water partition coefficient (Wildman–Crippen LogP) is 12.1. The molecule has 0 spiro atoms. The number of nitro groups is 1. The van der Waals surface area contributed by atoms with Crippen LogP contribution in [0.4, 0.5) is 11.4 Å². The molecule has 141 heavy (non-hydrogen) atoms. The quantitative estimate of drug-likeness (QED) is 0.00684. The molecule has 0 aliphatic carbocycles. The van der Waals surface area contributed by atoms with E-state index in [1.165, 1.54) is 53.9 Å². The molecule has 3 aliphatic rings. The maximum absolute atomic E-state index is 13.0. The highest BCUT2D eigenvalue weighted by Crippen LogP contribution is 2.31. The number of hydrogen-bond acceptors (Lipinski definition) is 29. The highest BCUT2D eigenvalue weighted by atomic mass is 32.1. The number of carbonyl (C=O) groups excluding carboxylic acids is 7. The van der Waals surface area contributed by atoms with E-state index < -0.39 is 17.9 Å². The number of thiophene rings is 1. The van der Waals surface area contributed by atoms with Gasteiger partial charge in [-0.1, -0.05) is 103 Å². The summed E-state index contributed by atoms with van der Waals surface area (Å²) in [6, 6.07) is 60.4. The molecule has 4 atom stereocenters. The monoisotopic (exact) mass is 1970 g/mol. The number of anilines is 1. The Kier molecular flexibility index (Phi) is 37.9. The number of phenols is 1.